The monoisotopic (exact) mass is 260 g/mol. The Kier molecular flexibility index (Phi) is 3.38. The largest absolute Gasteiger partial charge is 0.416 e. The fraction of sp³-hybridized carbons (Fsp3) is 0.538. The van der Waals surface area contributed by atoms with Crippen LogP contribution in [0.1, 0.15) is 24.0 Å². The summed E-state index contributed by atoms with van der Waals surface area (Å²) in [4.78, 5) is 0. The van der Waals surface area contributed by atoms with E-state index in [2.05, 4.69) is 0 Å². The SMILES string of the molecule is COCC(O)(c1ccc(C(F)(F)F)cc1)C1CC1. The maximum Gasteiger partial charge on any atom is 0.416 e. The fourth-order valence-corrected chi connectivity index (χ4v) is 2.17. The van der Waals surface area contributed by atoms with Crippen LogP contribution < -0.4 is 0 Å². The molecule has 100 valence electrons. The molecule has 5 heteroatoms. The average Bonchev–Trinajstić information content (AvgIpc) is 3.12. The average molecular weight is 260 g/mol. The highest BCUT2D eigenvalue weighted by atomic mass is 19.4. The molecule has 1 fully saturated rings. The molecular formula is C13H15F3O2. The molecule has 0 heterocycles. The third kappa shape index (κ3) is 2.52. The van der Waals surface area contributed by atoms with Crippen molar-refractivity contribution in [2.24, 2.45) is 5.92 Å². The van der Waals surface area contributed by atoms with Gasteiger partial charge in [0.05, 0.1) is 12.2 Å². The van der Waals surface area contributed by atoms with E-state index in [1.54, 1.807) is 0 Å². The summed E-state index contributed by atoms with van der Waals surface area (Å²) >= 11 is 0. The van der Waals surface area contributed by atoms with E-state index in [0.717, 1.165) is 25.0 Å². The Morgan fingerprint density at radius 3 is 2.06 bits per heavy atom. The number of halogens is 3. The van der Waals surface area contributed by atoms with Gasteiger partial charge in [0.1, 0.15) is 5.60 Å². The minimum atomic E-state index is -4.35. The van der Waals surface area contributed by atoms with E-state index < -0.39 is 17.3 Å². The van der Waals surface area contributed by atoms with Gasteiger partial charge in [0, 0.05) is 7.11 Å². The third-order valence-electron chi connectivity index (χ3n) is 3.33. The summed E-state index contributed by atoms with van der Waals surface area (Å²) in [5.74, 6) is 0.0780. The van der Waals surface area contributed by atoms with Crippen molar-refractivity contribution in [2.75, 3.05) is 13.7 Å². The summed E-state index contributed by atoms with van der Waals surface area (Å²) in [6, 6.07) is 4.66. The van der Waals surface area contributed by atoms with Gasteiger partial charge in [-0.05, 0) is 36.5 Å². The lowest BCUT2D eigenvalue weighted by molar-refractivity contribution is -0.137. The van der Waals surface area contributed by atoms with Crippen LogP contribution in [0.15, 0.2) is 24.3 Å². The minimum absolute atomic E-state index is 0.0780. The number of aliphatic hydroxyl groups is 1. The molecule has 1 aromatic rings. The van der Waals surface area contributed by atoms with Gasteiger partial charge in [0.2, 0.25) is 0 Å². The summed E-state index contributed by atoms with van der Waals surface area (Å²) < 4.78 is 42.3. The van der Waals surface area contributed by atoms with Gasteiger partial charge in [-0.25, -0.2) is 0 Å². The van der Waals surface area contributed by atoms with Crippen molar-refractivity contribution in [3.05, 3.63) is 35.4 Å². The van der Waals surface area contributed by atoms with Gasteiger partial charge in [0.15, 0.2) is 0 Å². The van der Waals surface area contributed by atoms with Crippen molar-refractivity contribution in [1.82, 2.24) is 0 Å². The highest BCUT2D eigenvalue weighted by Gasteiger charge is 2.45. The Bertz CT molecular complexity index is 409. The standard InChI is InChI=1S/C13H15F3O2/c1-18-8-12(17,9-2-3-9)10-4-6-11(7-5-10)13(14,15)16/h4-7,9,17H,2-3,8H2,1H3. The molecule has 18 heavy (non-hydrogen) atoms. The van der Waals surface area contributed by atoms with Crippen molar-refractivity contribution in [2.45, 2.75) is 24.6 Å². The summed E-state index contributed by atoms with van der Waals surface area (Å²) in [7, 11) is 1.47. The summed E-state index contributed by atoms with van der Waals surface area (Å²) in [5, 5.41) is 10.5. The summed E-state index contributed by atoms with van der Waals surface area (Å²) in [6.45, 7) is 0.100. The molecule has 1 N–H and O–H groups in total. The molecule has 0 saturated heterocycles. The van der Waals surface area contributed by atoms with Crippen LogP contribution in [0.5, 0.6) is 0 Å². The number of rotatable bonds is 4. The number of hydrogen-bond acceptors (Lipinski definition) is 2. The maximum atomic E-state index is 12.4. The minimum Gasteiger partial charge on any atom is -0.382 e. The molecule has 0 aromatic heterocycles. The first kappa shape index (κ1) is 13.4. The lowest BCUT2D eigenvalue weighted by atomic mass is 9.89. The van der Waals surface area contributed by atoms with Crippen molar-refractivity contribution in [3.8, 4) is 0 Å². The quantitative estimate of drug-likeness (QED) is 0.901. The normalized spacial score (nSPS) is 19.6. The molecule has 2 rings (SSSR count). The van der Waals surface area contributed by atoms with Crippen LogP contribution in [0, 0.1) is 5.92 Å². The van der Waals surface area contributed by atoms with Crippen LogP contribution in [0.25, 0.3) is 0 Å². The van der Waals surface area contributed by atoms with E-state index in [-0.39, 0.29) is 12.5 Å². The Labute approximate surface area is 103 Å². The molecule has 0 amide bonds. The molecule has 1 unspecified atom stereocenters. The summed E-state index contributed by atoms with van der Waals surface area (Å²) in [6.07, 6.45) is -2.60. The first-order valence-corrected chi connectivity index (χ1v) is 5.77. The third-order valence-corrected chi connectivity index (χ3v) is 3.33. The highest BCUT2D eigenvalue weighted by molar-refractivity contribution is 5.30. The van der Waals surface area contributed by atoms with E-state index in [4.69, 9.17) is 4.74 Å². The molecule has 2 nitrogen and oxygen atoms in total. The Morgan fingerprint density at radius 2 is 1.67 bits per heavy atom. The van der Waals surface area contributed by atoms with Crippen LogP contribution in [0.2, 0.25) is 0 Å². The van der Waals surface area contributed by atoms with E-state index in [1.807, 2.05) is 0 Å². The number of hydrogen-bond donors (Lipinski definition) is 1. The first-order valence-electron chi connectivity index (χ1n) is 5.77. The molecule has 1 aliphatic rings. The molecule has 1 aromatic carbocycles. The smallest absolute Gasteiger partial charge is 0.382 e. The van der Waals surface area contributed by atoms with Crippen LogP contribution in [0.4, 0.5) is 13.2 Å². The number of alkyl halides is 3. The summed E-state index contributed by atoms with van der Waals surface area (Å²) in [5.41, 5.74) is -1.39. The molecule has 0 aliphatic heterocycles. The number of benzene rings is 1. The van der Waals surface area contributed by atoms with Crippen molar-refractivity contribution >= 4 is 0 Å². The van der Waals surface area contributed by atoms with Gasteiger partial charge in [-0.15, -0.1) is 0 Å². The van der Waals surface area contributed by atoms with Crippen molar-refractivity contribution in [1.29, 1.82) is 0 Å². The zero-order chi connectivity index (χ0) is 13.4. The second-order valence-electron chi connectivity index (χ2n) is 4.71. The van der Waals surface area contributed by atoms with Crippen molar-refractivity contribution < 1.29 is 23.0 Å². The molecule has 0 bridgehead atoms. The van der Waals surface area contributed by atoms with E-state index in [9.17, 15) is 18.3 Å². The van der Waals surface area contributed by atoms with Gasteiger partial charge < -0.3 is 9.84 Å². The van der Waals surface area contributed by atoms with Crippen LogP contribution >= 0.6 is 0 Å². The first-order chi connectivity index (χ1) is 8.38. The maximum absolute atomic E-state index is 12.4. The van der Waals surface area contributed by atoms with Gasteiger partial charge in [0.25, 0.3) is 0 Å². The van der Waals surface area contributed by atoms with Gasteiger partial charge in [-0.2, -0.15) is 13.2 Å². The Morgan fingerprint density at radius 1 is 1.17 bits per heavy atom. The Hall–Kier alpha value is -1.07. The number of ether oxygens (including phenoxy) is 1. The second-order valence-corrected chi connectivity index (χ2v) is 4.71. The van der Waals surface area contributed by atoms with Crippen LogP contribution in [0.3, 0.4) is 0 Å². The van der Waals surface area contributed by atoms with Crippen LogP contribution in [-0.2, 0) is 16.5 Å². The van der Waals surface area contributed by atoms with Crippen LogP contribution in [-0.4, -0.2) is 18.8 Å². The lowest BCUT2D eigenvalue weighted by Crippen LogP contribution is -2.33. The van der Waals surface area contributed by atoms with Crippen molar-refractivity contribution in [3.63, 3.8) is 0 Å². The van der Waals surface area contributed by atoms with Gasteiger partial charge in [-0.1, -0.05) is 12.1 Å². The molecule has 0 radical (unpaired) electrons. The predicted octanol–water partition coefficient (Wildman–Crippen LogP) is 2.95. The van der Waals surface area contributed by atoms with Gasteiger partial charge >= 0.3 is 6.18 Å². The number of methoxy groups -OCH3 is 1. The highest BCUT2D eigenvalue weighted by Crippen LogP contribution is 2.46. The molecule has 0 spiro atoms. The van der Waals surface area contributed by atoms with E-state index >= 15 is 0 Å². The fourth-order valence-electron chi connectivity index (χ4n) is 2.17. The second kappa shape index (κ2) is 4.55. The zero-order valence-corrected chi connectivity index (χ0v) is 10.00. The lowest BCUT2D eigenvalue weighted by Gasteiger charge is -2.28. The van der Waals surface area contributed by atoms with E-state index in [0.29, 0.717) is 5.56 Å². The van der Waals surface area contributed by atoms with Gasteiger partial charge in [-0.3, -0.25) is 0 Å². The molecule has 1 atom stereocenters. The molecule has 1 saturated carbocycles. The van der Waals surface area contributed by atoms with E-state index in [1.165, 1.54) is 19.2 Å². The molecular weight excluding hydrogens is 245 g/mol. The Balaban J connectivity index is 2.27. The zero-order valence-electron chi connectivity index (χ0n) is 10.00. The topological polar surface area (TPSA) is 29.5 Å². The predicted molar refractivity (Wildman–Crippen MR) is 59.9 cm³/mol. The molecule has 1 aliphatic carbocycles.